The number of hydrogen-bond donors (Lipinski definition) is 3. The number of aromatic nitrogens is 2. The summed E-state index contributed by atoms with van der Waals surface area (Å²) in [5.74, 6) is 1.14. The minimum absolute atomic E-state index is 0.270. The molecule has 3 aromatic rings. The maximum atomic E-state index is 12.1. The first-order chi connectivity index (χ1) is 14.6. The number of nitrogens with one attached hydrogen (secondary N) is 3. The highest BCUT2D eigenvalue weighted by molar-refractivity contribution is 5.92. The van der Waals surface area contributed by atoms with E-state index >= 15 is 0 Å². The van der Waals surface area contributed by atoms with Gasteiger partial charge in [-0.25, -0.2) is 9.78 Å². The number of urea groups is 1. The molecule has 3 rings (SSSR count). The van der Waals surface area contributed by atoms with Crippen molar-refractivity contribution >= 4 is 17.6 Å². The molecule has 0 saturated heterocycles. The summed E-state index contributed by atoms with van der Waals surface area (Å²) in [6.45, 7) is 0.324. The van der Waals surface area contributed by atoms with Crippen molar-refractivity contribution in [3.8, 4) is 17.4 Å². The number of pyridine rings is 2. The maximum Gasteiger partial charge on any atom is 0.319 e. The fourth-order valence-electron chi connectivity index (χ4n) is 2.54. The molecule has 0 aliphatic heterocycles. The van der Waals surface area contributed by atoms with Crippen molar-refractivity contribution in [3.63, 3.8) is 0 Å². The van der Waals surface area contributed by atoms with E-state index in [0.717, 1.165) is 5.56 Å². The summed E-state index contributed by atoms with van der Waals surface area (Å²) >= 11 is 0. The zero-order valence-electron chi connectivity index (χ0n) is 16.5. The van der Waals surface area contributed by atoms with E-state index in [1.54, 1.807) is 42.6 Å². The van der Waals surface area contributed by atoms with Crippen LogP contribution in [-0.4, -0.2) is 36.1 Å². The van der Waals surface area contributed by atoms with Crippen molar-refractivity contribution in [3.05, 3.63) is 72.2 Å². The lowest BCUT2D eigenvalue weighted by molar-refractivity contribution is 0.0958. The normalized spacial score (nSPS) is 10.1. The summed E-state index contributed by atoms with van der Waals surface area (Å²) in [6.07, 6.45) is 3.09. The highest BCUT2D eigenvalue weighted by atomic mass is 16.5. The molecule has 3 N–H and O–H groups in total. The number of nitrogens with zero attached hydrogens (tertiary/aromatic N) is 2. The van der Waals surface area contributed by atoms with Gasteiger partial charge < -0.3 is 25.4 Å². The van der Waals surface area contributed by atoms with Crippen molar-refractivity contribution in [1.82, 2.24) is 20.6 Å². The Morgan fingerprint density at radius 2 is 1.80 bits per heavy atom. The summed E-state index contributed by atoms with van der Waals surface area (Å²) in [4.78, 5) is 31.8. The van der Waals surface area contributed by atoms with Crippen LogP contribution in [0.25, 0.3) is 0 Å². The molecular weight excluding hydrogens is 386 g/mol. The fraction of sp³-hybridized carbons (Fsp3) is 0.143. The van der Waals surface area contributed by atoms with Crippen molar-refractivity contribution in [2.75, 3.05) is 19.5 Å². The molecule has 0 radical (unpaired) electrons. The second-order valence-corrected chi connectivity index (χ2v) is 6.07. The molecule has 0 atom stereocenters. The second-order valence-electron chi connectivity index (χ2n) is 6.07. The molecule has 0 aliphatic carbocycles. The molecule has 1 aromatic carbocycles. The predicted molar refractivity (Wildman–Crippen MR) is 111 cm³/mol. The minimum atomic E-state index is -0.375. The number of benzene rings is 1. The Morgan fingerprint density at radius 3 is 2.53 bits per heavy atom. The molecule has 0 saturated carbocycles. The molecular formula is C21H21N5O4. The van der Waals surface area contributed by atoms with Crippen LogP contribution in [0, 0.1) is 0 Å². The van der Waals surface area contributed by atoms with E-state index in [1.807, 2.05) is 12.1 Å². The Balaban J connectivity index is 1.54. The SMILES string of the molecule is CNC(=O)c1cc(Oc2ccc(CNC(=O)Nc3cccnc3OC)cc2)ccn1. The van der Waals surface area contributed by atoms with Gasteiger partial charge in [-0.3, -0.25) is 9.78 Å². The largest absolute Gasteiger partial charge is 0.480 e. The topological polar surface area (TPSA) is 114 Å². The van der Waals surface area contributed by atoms with E-state index < -0.39 is 0 Å². The van der Waals surface area contributed by atoms with Crippen LogP contribution in [0.3, 0.4) is 0 Å². The van der Waals surface area contributed by atoms with Gasteiger partial charge in [0.2, 0.25) is 5.88 Å². The number of hydrogen-bond acceptors (Lipinski definition) is 6. The number of carbonyl (C=O) groups excluding carboxylic acids is 2. The Morgan fingerprint density at radius 1 is 1.00 bits per heavy atom. The summed E-state index contributed by atoms with van der Waals surface area (Å²) in [7, 11) is 3.03. The van der Waals surface area contributed by atoms with Crippen molar-refractivity contribution in [2.24, 2.45) is 0 Å². The van der Waals surface area contributed by atoms with Crippen LogP contribution in [-0.2, 0) is 6.54 Å². The summed E-state index contributed by atoms with van der Waals surface area (Å²) in [6, 6.07) is 13.5. The number of ether oxygens (including phenoxy) is 2. The Bertz CT molecular complexity index is 1020. The van der Waals surface area contributed by atoms with E-state index in [1.165, 1.54) is 20.4 Å². The van der Waals surface area contributed by atoms with Gasteiger partial charge in [-0.1, -0.05) is 12.1 Å². The van der Waals surface area contributed by atoms with Gasteiger partial charge >= 0.3 is 6.03 Å². The molecule has 0 bridgehead atoms. The molecule has 154 valence electrons. The van der Waals surface area contributed by atoms with Crippen molar-refractivity contribution < 1.29 is 19.1 Å². The molecule has 2 aromatic heterocycles. The molecule has 3 amide bonds. The number of anilines is 1. The van der Waals surface area contributed by atoms with Crippen molar-refractivity contribution in [2.45, 2.75) is 6.54 Å². The Hall–Kier alpha value is -4.14. The summed E-state index contributed by atoms with van der Waals surface area (Å²) in [5.41, 5.74) is 1.64. The molecule has 9 nitrogen and oxygen atoms in total. The van der Waals surface area contributed by atoms with Crippen LogP contribution in [0.5, 0.6) is 17.4 Å². The number of amides is 3. The van der Waals surface area contributed by atoms with E-state index in [4.69, 9.17) is 9.47 Å². The van der Waals surface area contributed by atoms with Gasteiger partial charge in [0.05, 0.1) is 7.11 Å². The first-order valence-electron chi connectivity index (χ1n) is 9.08. The molecule has 2 heterocycles. The summed E-state index contributed by atoms with van der Waals surface area (Å²) in [5, 5.41) is 7.98. The molecule has 9 heteroatoms. The first kappa shape index (κ1) is 20.6. The van der Waals surface area contributed by atoms with E-state index in [9.17, 15) is 9.59 Å². The van der Waals surface area contributed by atoms with Gasteiger partial charge in [0.15, 0.2) is 0 Å². The van der Waals surface area contributed by atoms with Gasteiger partial charge in [-0.15, -0.1) is 0 Å². The predicted octanol–water partition coefficient (Wildman–Crippen LogP) is 2.96. The zero-order valence-corrected chi connectivity index (χ0v) is 16.5. The standard InChI is InChI=1S/C21H21N5O4/c1-22-19(27)18-12-16(9-11-23-18)30-15-7-5-14(6-8-15)13-25-21(28)26-17-4-3-10-24-20(17)29-2/h3-12H,13H2,1-2H3,(H,22,27)(H2,25,26,28). The van der Waals surface area contributed by atoms with Crippen LogP contribution in [0.15, 0.2) is 60.9 Å². The molecule has 0 fully saturated rings. The van der Waals surface area contributed by atoms with Gasteiger partial charge in [0.1, 0.15) is 22.9 Å². The molecule has 0 aliphatic rings. The maximum absolute atomic E-state index is 12.1. The third-order valence-corrected chi connectivity index (χ3v) is 4.02. The van der Waals surface area contributed by atoms with E-state index in [-0.39, 0.29) is 17.6 Å². The Labute approximate surface area is 173 Å². The minimum Gasteiger partial charge on any atom is -0.480 e. The van der Waals surface area contributed by atoms with Crippen LogP contribution in [0.4, 0.5) is 10.5 Å². The number of carbonyl (C=O) groups is 2. The van der Waals surface area contributed by atoms with Crippen LogP contribution < -0.4 is 25.4 Å². The van der Waals surface area contributed by atoms with E-state index in [2.05, 4.69) is 25.9 Å². The van der Waals surface area contributed by atoms with Gasteiger partial charge in [0, 0.05) is 32.1 Å². The number of methoxy groups -OCH3 is 1. The lowest BCUT2D eigenvalue weighted by Gasteiger charge is -2.11. The molecule has 0 spiro atoms. The lowest BCUT2D eigenvalue weighted by Crippen LogP contribution is -2.28. The monoisotopic (exact) mass is 407 g/mol. The van der Waals surface area contributed by atoms with Gasteiger partial charge in [0.25, 0.3) is 5.91 Å². The second kappa shape index (κ2) is 9.87. The quantitative estimate of drug-likeness (QED) is 0.555. The highest BCUT2D eigenvalue weighted by Gasteiger charge is 2.09. The van der Waals surface area contributed by atoms with E-state index in [0.29, 0.717) is 29.6 Å². The molecule has 0 unspecified atom stereocenters. The van der Waals surface area contributed by atoms with Gasteiger partial charge in [-0.2, -0.15) is 0 Å². The third kappa shape index (κ3) is 5.44. The molecule has 30 heavy (non-hydrogen) atoms. The fourth-order valence-corrected chi connectivity index (χ4v) is 2.54. The lowest BCUT2D eigenvalue weighted by atomic mass is 10.2. The highest BCUT2D eigenvalue weighted by Crippen LogP contribution is 2.22. The number of rotatable bonds is 7. The summed E-state index contributed by atoms with van der Waals surface area (Å²) < 4.78 is 10.9. The average Bonchev–Trinajstić information content (AvgIpc) is 2.78. The third-order valence-electron chi connectivity index (χ3n) is 4.02. The van der Waals surface area contributed by atoms with Crippen molar-refractivity contribution in [1.29, 1.82) is 0 Å². The van der Waals surface area contributed by atoms with Crippen LogP contribution in [0.1, 0.15) is 16.1 Å². The Kier molecular flexibility index (Phi) is 6.78. The zero-order chi connectivity index (χ0) is 21.3. The van der Waals surface area contributed by atoms with Gasteiger partial charge in [-0.05, 0) is 35.9 Å². The average molecular weight is 407 g/mol. The smallest absolute Gasteiger partial charge is 0.319 e. The first-order valence-corrected chi connectivity index (χ1v) is 9.08. The van der Waals surface area contributed by atoms with Crippen LogP contribution in [0.2, 0.25) is 0 Å². The van der Waals surface area contributed by atoms with Crippen LogP contribution >= 0.6 is 0 Å².